The van der Waals surface area contributed by atoms with Crippen molar-refractivity contribution in [3.63, 3.8) is 0 Å². The summed E-state index contributed by atoms with van der Waals surface area (Å²) in [7, 11) is 2.01. The Labute approximate surface area is 219 Å². The quantitative estimate of drug-likeness (QED) is 0.223. The summed E-state index contributed by atoms with van der Waals surface area (Å²) in [6.45, 7) is 1.98. The number of aromatic nitrogens is 5. The third kappa shape index (κ3) is 5.02. The number of hydrogen-bond donors (Lipinski definition) is 4. The van der Waals surface area contributed by atoms with Gasteiger partial charge in [0.05, 0.1) is 24.7 Å². The summed E-state index contributed by atoms with van der Waals surface area (Å²) >= 11 is 1.55. The fraction of sp³-hybridized carbons (Fsp3) is 0.560. The number of fused-ring (bicyclic) bond motifs is 1. The predicted molar refractivity (Wildman–Crippen MR) is 139 cm³/mol. The molecule has 2 unspecified atom stereocenters. The van der Waals surface area contributed by atoms with Crippen molar-refractivity contribution in [2.45, 2.75) is 61.6 Å². The van der Waals surface area contributed by atoms with Crippen LogP contribution in [-0.4, -0.2) is 90.4 Å². The van der Waals surface area contributed by atoms with Crippen LogP contribution in [0.5, 0.6) is 0 Å². The number of benzene rings is 1. The first-order valence-corrected chi connectivity index (χ1v) is 13.7. The van der Waals surface area contributed by atoms with Crippen molar-refractivity contribution in [3.8, 4) is 0 Å². The van der Waals surface area contributed by atoms with Gasteiger partial charge >= 0.3 is 0 Å². The van der Waals surface area contributed by atoms with Crippen LogP contribution in [0, 0.1) is 5.92 Å². The lowest BCUT2D eigenvalue weighted by molar-refractivity contribution is -0.129. The summed E-state index contributed by atoms with van der Waals surface area (Å²) in [4.78, 5) is 24.2. The molecule has 5 rings (SSSR count). The van der Waals surface area contributed by atoms with Gasteiger partial charge in [-0.05, 0) is 24.8 Å². The summed E-state index contributed by atoms with van der Waals surface area (Å²) in [5.41, 5.74) is 2.29. The second-order valence-corrected chi connectivity index (χ2v) is 10.8. The van der Waals surface area contributed by atoms with E-state index in [1.807, 2.05) is 13.1 Å². The number of anilines is 1. The molecule has 3 aromatic rings. The molecule has 2 aromatic heterocycles. The summed E-state index contributed by atoms with van der Waals surface area (Å²) < 4.78 is 1.53. The first-order valence-electron chi connectivity index (χ1n) is 12.7. The average Bonchev–Trinajstić information content (AvgIpc) is 3.53. The number of amides is 1. The number of aliphatic hydroxyl groups is 3. The van der Waals surface area contributed by atoms with Gasteiger partial charge in [0.15, 0.2) is 22.1 Å². The van der Waals surface area contributed by atoms with Crippen LogP contribution in [0.1, 0.15) is 43.7 Å². The standard InChI is InChI=1S/C25H33N7O4S/c1-3-11-37-25-27-22(31(2)17-12-15(17)14-7-5-4-6-8-14)19-23(28-25)32(30-29-19)18-13-16(20(34)21(18)35)24(36)26-9-10-33/h4-8,15-18,20-21,33-35H,3,9-13H2,1-2H3,(H,26,36)/t15?,16-,17?,18+,20+,21-/m1/s1. The normalized spacial score (nSPS) is 26.9. The van der Waals surface area contributed by atoms with Crippen LogP contribution < -0.4 is 10.2 Å². The number of nitrogens with zero attached hydrogens (tertiary/aromatic N) is 6. The highest BCUT2D eigenvalue weighted by Crippen LogP contribution is 2.46. The lowest BCUT2D eigenvalue weighted by Crippen LogP contribution is -2.39. The Morgan fingerprint density at radius 1 is 1.19 bits per heavy atom. The number of rotatable bonds is 10. The third-order valence-electron chi connectivity index (χ3n) is 7.25. The highest BCUT2D eigenvalue weighted by molar-refractivity contribution is 7.99. The summed E-state index contributed by atoms with van der Waals surface area (Å²) in [6.07, 6.45) is -0.340. The van der Waals surface area contributed by atoms with Crippen LogP contribution >= 0.6 is 11.8 Å². The molecule has 0 bridgehead atoms. The maximum Gasteiger partial charge on any atom is 0.225 e. The fourth-order valence-electron chi connectivity index (χ4n) is 5.17. The Kier molecular flexibility index (Phi) is 7.61. The topological polar surface area (TPSA) is 150 Å². The van der Waals surface area contributed by atoms with Crippen molar-refractivity contribution >= 4 is 34.7 Å². The SMILES string of the molecule is CCCSc1nc(N(C)C2CC2c2ccccc2)c2nnn([C@H]3C[C@@H](C(=O)NCCO)[C@H](O)[C@@H]3O)c2n1. The second-order valence-electron chi connectivity index (χ2n) is 9.72. The molecule has 198 valence electrons. The van der Waals surface area contributed by atoms with Gasteiger partial charge in [-0.1, -0.05) is 54.2 Å². The number of nitrogens with one attached hydrogen (secondary N) is 1. The Balaban J connectivity index is 1.47. The van der Waals surface area contributed by atoms with Crippen LogP contribution in [0.3, 0.4) is 0 Å². The fourth-order valence-corrected chi connectivity index (χ4v) is 5.86. The van der Waals surface area contributed by atoms with Gasteiger partial charge in [-0.3, -0.25) is 4.79 Å². The predicted octanol–water partition coefficient (Wildman–Crippen LogP) is 1.11. The number of thioether (sulfide) groups is 1. The van der Waals surface area contributed by atoms with E-state index in [1.54, 1.807) is 11.8 Å². The van der Waals surface area contributed by atoms with Crippen molar-refractivity contribution in [3.05, 3.63) is 35.9 Å². The molecule has 2 saturated carbocycles. The lowest BCUT2D eigenvalue weighted by atomic mass is 10.0. The van der Waals surface area contributed by atoms with Crippen molar-refractivity contribution in [2.75, 3.05) is 30.9 Å². The van der Waals surface area contributed by atoms with Crippen LogP contribution in [0.2, 0.25) is 0 Å². The molecular formula is C25H33N7O4S. The molecule has 0 aliphatic heterocycles. The molecule has 2 aliphatic carbocycles. The minimum atomic E-state index is -1.26. The highest BCUT2D eigenvalue weighted by atomic mass is 32.2. The summed E-state index contributed by atoms with van der Waals surface area (Å²) in [5, 5.41) is 42.4. The molecule has 12 heteroatoms. The minimum Gasteiger partial charge on any atom is -0.395 e. The van der Waals surface area contributed by atoms with Gasteiger partial charge in [0.25, 0.3) is 0 Å². The van der Waals surface area contributed by atoms with Crippen molar-refractivity contribution in [1.29, 1.82) is 0 Å². The number of aliphatic hydroxyl groups excluding tert-OH is 3. The summed E-state index contributed by atoms with van der Waals surface area (Å²) in [6, 6.07) is 10.0. The molecule has 37 heavy (non-hydrogen) atoms. The van der Waals surface area contributed by atoms with E-state index in [9.17, 15) is 15.0 Å². The van der Waals surface area contributed by atoms with E-state index < -0.39 is 30.1 Å². The zero-order chi connectivity index (χ0) is 26.1. The van der Waals surface area contributed by atoms with Gasteiger partial charge < -0.3 is 25.5 Å². The van der Waals surface area contributed by atoms with E-state index in [-0.39, 0.29) is 25.6 Å². The van der Waals surface area contributed by atoms with Gasteiger partial charge in [-0.15, -0.1) is 5.10 Å². The minimum absolute atomic E-state index is 0.0845. The van der Waals surface area contributed by atoms with Crippen molar-refractivity contribution in [1.82, 2.24) is 30.3 Å². The molecule has 11 nitrogen and oxygen atoms in total. The smallest absolute Gasteiger partial charge is 0.225 e. The molecule has 1 amide bonds. The number of carbonyl (C=O) groups excluding carboxylic acids is 1. The van der Waals surface area contributed by atoms with E-state index in [2.05, 4.69) is 51.7 Å². The van der Waals surface area contributed by atoms with Crippen LogP contribution in [0.4, 0.5) is 5.82 Å². The van der Waals surface area contributed by atoms with Gasteiger partial charge in [0.2, 0.25) is 5.91 Å². The van der Waals surface area contributed by atoms with Gasteiger partial charge in [0.1, 0.15) is 6.10 Å². The molecule has 2 fully saturated rings. The Morgan fingerprint density at radius 2 is 1.97 bits per heavy atom. The molecule has 4 N–H and O–H groups in total. The zero-order valence-electron chi connectivity index (χ0n) is 20.9. The Hall–Kier alpha value is -2.80. The lowest BCUT2D eigenvalue weighted by Gasteiger charge is -2.20. The molecule has 1 aromatic carbocycles. The molecule has 0 radical (unpaired) electrons. The van der Waals surface area contributed by atoms with E-state index in [0.29, 0.717) is 28.1 Å². The van der Waals surface area contributed by atoms with Gasteiger partial charge in [0, 0.05) is 31.3 Å². The molecule has 0 saturated heterocycles. The molecule has 0 spiro atoms. The van der Waals surface area contributed by atoms with Crippen molar-refractivity contribution < 1.29 is 20.1 Å². The van der Waals surface area contributed by atoms with Gasteiger partial charge in [-0.25, -0.2) is 14.6 Å². The van der Waals surface area contributed by atoms with Crippen LogP contribution in [0.15, 0.2) is 35.5 Å². The second kappa shape index (κ2) is 10.9. The maximum absolute atomic E-state index is 12.5. The molecular weight excluding hydrogens is 494 g/mol. The Morgan fingerprint density at radius 3 is 2.70 bits per heavy atom. The highest BCUT2D eigenvalue weighted by Gasteiger charge is 2.47. The third-order valence-corrected chi connectivity index (χ3v) is 8.30. The first-order chi connectivity index (χ1) is 17.9. The monoisotopic (exact) mass is 527 g/mol. The van der Waals surface area contributed by atoms with Crippen LogP contribution in [0.25, 0.3) is 11.2 Å². The molecule has 2 heterocycles. The van der Waals surface area contributed by atoms with Gasteiger partial charge in [-0.2, -0.15) is 0 Å². The Bertz CT molecular complexity index is 1240. The number of hydrogen-bond acceptors (Lipinski definition) is 10. The summed E-state index contributed by atoms with van der Waals surface area (Å²) in [5.74, 6) is 0.695. The van der Waals surface area contributed by atoms with E-state index in [0.717, 1.165) is 18.6 Å². The van der Waals surface area contributed by atoms with E-state index in [4.69, 9.17) is 15.1 Å². The number of likely N-dealkylation sites (N-methyl/N-ethyl adjacent to an activating group) is 1. The average molecular weight is 528 g/mol. The molecule has 6 atom stereocenters. The maximum atomic E-state index is 12.5. The first kappa shape index (κ1) is 25.8. The zero-order valence-corrected chi connectivity index (χ0v) is 21.8. The largest absolute Gasteiger partial charge is 0.395 e. The number of carbonyl (C=O) groups is 1. The van der Waals surface area contributed by atoms with Crippen LogP contribution in [-0.2, 0) is 4.79 Å². The molecule has 2 aliphatic rings. The van der Waals surface area contributed by atoms with E-state index in [1.165, 1.54) is 10.2 Å². The van der Waals surface area contributed by atoms with E-state index >= 15 is 0 Å². The van der Waals surface area contributed by atoms with Crippen molar-refractivity contribution in [2.24, 2.45) is 5.92 Å².